The van der Waals surface area contributed by atoms with Gasteiger partial charge in [-0.15, -0.1) is 0 Å². The van der Waals surface area contributed by atoms with Crippen molar-refractivity contribution in [2.24, 2.45) is 10.7 Å². The van der Waals surface area contributed by atoms with Gasteiger partial charge in [-0.3, -0.25) is 0 Å². The molecule has 0 amide bonds. The minimum Gasteiger partial charge on any atom is -0.463 e. The molecule has 5 nitrogen and oxygen atoms in total. The van der Waals surface area contributed by atoms with Gasteiger partial charge in [0.05, 0.1) is 0 Å². The topological polar surface area (TPSA) is 73.4 Å². The van der Waals surface area contributed by atoms with E-state index in [1.54, 1.807) is 6.33 Å². The van der Waals surface area contributed by atoms with Gasteiger partial charge in [-0.05, 0) is 29.5 Å². The van der Waals surface area contributed by atoms with Gasteiger partial charge in [-0.25, -0.2) is 15.0 Å². The number of hydrogen-bond donors (Lipinski definition) is 1. The smallest absolute Gasteiger partial charge is 0.282 e. The van der Waals surface area contributed by atoms with Crippen LogP contribution < -0.4 is 5.73 Å². The highest BCUT2D eigenvalue weighted by molar-refractivity contribution is 5.74. The van der Waals surface area contributed by atoms with Gasteiger partial charge in [0.25, 0.3) is 6.02 Å². The van der Waals surface area contributed by atoms with Crippen molar-refractivity contribution in [3.8, 4) is 11.1 Å². The first-order valence-corrected chi connectivity index (χ1v) is 7.09. The molecule has 1 aliphatic heterocycles. The molecule has 2 heterocycles. The summed E-state index contributed by atoms with van der Waals surface area (Å²) in [6.45, 7) is 0.594. The van der Waals surface area contributed by atoms with E-state index in [1.807, 2.05) is 12.4 Å². The van der Waals surface area contributed by atoms with Crippen molar-refractivity contribution < 1.29 is 4.74 Å². The van der Waals surface area contributed by atoms with Crippen LogP contribution in [0.4, 0.5) is 0 Å². The quantitative estimate of drug-likeness (QED) is 0.863. The van der Waals surface area contributed by atoms with E-state index in [-0.39, 0.29) is 5.54 Å². The highest BCUT2D eigenvalue weighted by Gasteiger charge is 2.39. The minimum atomic E-state index is -0.164. The molecule has 4 rings (SSSR count). The molecule has 0 fully saturated rings. The van der Waals surface area contributed by atoms with Crippen LogP contribution >= 0.6 is 0 Å². The van der Waals surface area contributed by atoms with E-state index < -0.39 is 0 Å². The summed E-state index contributed by atoms with van der Waals surface area (Å²) in [6, 6.07) is 6.89. The Kier molecular flexibility index (Phi) is 2.67. The highest BCUT2D eigenvalue weighted by Crippen LogP contribution is 2.36. The second kappa shape index (κ2) is 4.55. The van der Waals surface area contributed by atoms with Gasteiger partial charge in [0.15, 0.2) is 0 Å². The fourth-order valence-electron chi connectivity index (χ4n) is 3.20. The Morgan fingerprint density at radius 1 is 1.10 bits per heavy atom. The largest absolute Gasteiger partial charge is 0.463 e. The molecule has 21 heavy (non-hydrogen) atoms. The lowest BCUT2D eigenvalue weighted by molar-refractivity contribution is 0.235. The summed E-state index contributed by atoms with van der Waals surface area (Å²) < 4.78 is 5.38. The van der Waals surface area contributed by atoms with Crippen molar-refractivity contribution in [1.82, 2.24) is 9.97 Å². The third-order valence-corrected chi connectivity index (χ3v) is 4.32. The van der Waals surface area contributed by atoms with Gasteiger partial charge in [0.1, 0.15) is 18.5 Å². The van der Waals surface area contributed by atoms with E-state index in [0.717, 1.165) is 30.4 Å². The summed E-state index contributed by atoms with van der Waals surface area (Å²) in [7, 11) is 0. The molecule has 1 unspecified atom stereocenters. The summed E-state index contributed by atoms with van der Waals surface area (Å²) >= 11 is 0. The average Bonchev–Trinajstić information content (AvgIpc) is 2.88. The maximum atomic E-state index is 5.69. The summed E-state index contributed by atoms with van der Waals surface area (Å²) in [5.74, 6) is 0. The van der Waals surface area contributed by atoms with Crippen molar-refractivity contribution in [2.75, 3.05) is 6.61 Å². The number of aliphatic imine (C=N–C) groups is 1. The van der Waals surface area contributed by atoms with Crippen molar-refractivity contribution in [3.63, 3.8) is 0 Å². The van der Waals surface area contributed by atoms with E-state index in [4.69, 9.17) is 10.5 Å². The lowest BCUT2D eigenvalue weighted by atomic mass is 9.78. The number of aromatic nitrogens is 2. The van der Waals surface area contributed by atoms with Crippen molar-refractivity contribution in [3.05, 3.63) is 48.0 Å². The molecule has 0 saturated heterocycles. The number of benzene rings is 1. The SMILES string of the molecule is NC1=NC2(CCc3ccc(-c4cncnc4)cc3C2)CO1. The van der Waals surface area contributed by atoms with Crippen LogP contribution in [0.5, 0.6) is 0 Å². The first kappa shape index (κ1) is 12.3. The number of aryl methyl sites for hydroxylation is 1. The number of nitrogens with zero attached hydrogens (tertiary/aromatic N) is 3. The van der Waals surface area contributed by atoms with Crippen LogP contribution in [-0.4, -0.2) is 28.1 Å². The van der Waals surface area contributed by atoms with Crippen LogP contribution in [0.2, 0.25) is 0 Å². The molecule has 2 aromatic rings. The molecule has 1 aliphatic carbocycles. The van der Waals surface area contributed by atoms with Crippen molar-refractivity contribution in [1.29, 1.82) is 0 Å². The van der Waals surface area contributed by atoms with E-state index in [9.17, 15) is 0 Å². The Bertz CT molecular complexity index is 713. The molecule has 1 aromatic carbocycles. The molecule has 1 aromatic heterocycles. The number of rotatable bonds is 1. The standard InChI is InChI=1S/C16H16N4O/c17-15-20-16(9-21-15)4-3-11-1-2-12(5-13(11)6-16)14-7-18-10-19-8-14/h1-2,5,7-8,10H,3-4,6,9H2,(H2,17,20). The number of hydrogen-bond acceptors (Lipinski definition) is 5. The number of ether oxygens (including phenoxy) is 1. The summed E-state index contributed by atoms with van der Waals surface area (Å²) in [4.78, 5) is 12.7. The zero-order valence-electron chi connectivity index (χ0n) is 11.6. The molecule has 2 N–H and O–H groups in total. The molecule has 106 valence electrons. The second-order valence-corrected chi connectivity index (χ2v) is 5.75. The molecule has 1 atom stereocenters. The van der Waals surface area contributed by atoms with Crippen LogP contribution in [0, 0.1) is 0 Å². The molecular weight excluding hydrogens is 264 g/mol. The van der Waals surface area contributed by atoms with E-state index in [1.165, 1.54) is 11.1 Å². The van der Waals surface area contributed by atoms with E-state index >= 15 is 0 Å². The Morgan fingerprint density at radius 3 is 2.71 bits per heavy atom. The number of nitrogens with two attached hydrogens (primary N) is 1. The fourth-order valence-corrected chi connectivity index (χ4v) is 3.20. The lowest BCUT2D eigenvalue weighted by Crippen LogP contribution is -2.35. The Balaban J connectivity index is 1.71. The highest BCUT2D eigenvalue weighted by atomic mass is 16.5. The van der Waals surface area contributed by atoms with E-state index in [0.29, 0.717) is 12.6 Å². The molecule has 0 radical (unpaired) electrons. The Hall–Kier alpha value is -2.43. The van der Waals surface area contributed by atoms with Gasteiger partial charge in [-0.2, -0.15) is 0 Å². The number of amidine groups is 1. The van der Waals surface area contributed by atoms with Gasteiger partial charge < -0.3 is 10.5 Å². The first-order chi connectivity index (χ1) is 10.2. The lowest BCUT2D eigenvalue weighted by Gasteiger charge is -2.30. The van der Waals surface area contributed by atoms with Crippen molar-refractivity contribution in [2.45, 2.75) is 24.8 Å². The summed E-state index contributed by atoms with van der Waals surface area (Å²) in [5, 5.41) is 0. The van der Waals surface area contributed by atoms with Gasteiger partial charge in [-0.1, -0.05) is 18.2 Å². The zero-order valence-corrected chi connectivity index (χ0v) is 11.6. The van der Waals surface area contributed by atoms with Crippen LogP contribution in [0.15, 0.2) is 41.9 Å². The molecule has 0 saturated carbocycles. The minimum absolute atomic E-state index is 0.164. The second-order valence-electron chi connectivity index (χ2n) is 5.75. The van der Waals surface area contributed by atoms with Gasteiger partial charge >= 0.3 is 0 Å². The normalized spacial score (nSPS) is 23.5. The first-order valence-electron chi connectivity index (χ1n) is 7.09. The average molecular weight is 280 g/mol. The maximum Gasteiger partial charge on any atom is 0.282 e. The van der Waals surface area contributed by atoms with Gasteiger partial charge in [0.2, 0.25) is 0 Å². The third-order valence-electron chi connectivity index (χ3n) is 4.32. The molecule has 5 heteroatoms. The van der Waals surface area contributed by atoms with Crippen LogP contribution in [0.25, 0.3) is 11.1 Å². The van der Waals surface area contributed by atoms with Gasteiger partial charge in [0, 0.05) is 24.4 Å². The number of fused-ring (bicyclic) bond motifs is 1. The zero-order chi connectivity index (χ0) is 14.3. The predicted molar refractivity (Wildman–Crippen MR) is 79.8 cm³/mol. The predicted octanol–water partition coefficient (Wildman–Crippen LogP) is 1.72. The Labute approximate surface area is 122 Å². The monoisotopic (exact) mass is 280 g/mol. The molecule has 0 bridgehead atoms. The Morgan fingerprint density at radius 2 is 1.95 bits per heavy atom. The van der Waals surface area contributed by atoms with Crippen LogP contribution in [0.1, 0.15) is 17.5 Å². The molecule has 1 spiro atoms. The van der Waals surface area contributed by atoms with Crippen molar-refractivity contribution >= 4 is 6.02 Å². The van der Waals surface area contributed by atoms with Crippen LogP contribution in [0.3, 0.4) is 0 Å². The third kappa shape index (κ3) is 2.14. The molecular formula is C16H16N4O. The summed E-state index contributed by atoms with van der Waals surface area (Å²) in [5.41, 5.74) is 10.4. The van der Waals surface area contributed by atoms with E-state index in [2.05, 4.69) is 33.2 Å². The fraction of sp³-hybridized carbons (Fsp3) is 0.312. The summed E-state index contributed by atoms with van der Waals surface area (Å²) in [6.07, 6.45) is 8.11. The maximum absolute atomic E-state index is 5.69. The van der Waals surface area contributed by atoms with Crippen LogP contribution in [-0.2, 0) is 17.6 Å². The molecule has 2 aliphatic rings.